The smallest absolute Gasteiger partial charge is 0.161 e. The van der Waals surface area contributed by atoms with Gasteiger partial charge in [0, 0.05) is 42.3 Å². The first-order valence-corrected chi connectivity index (χ1v) is 9.21. The van der Waals surface area contributed by atoms with Crippen molar-refractivity contribution in [3.63, 3.8) is 0 Å². The normalized spacial score (nSPS) is 13.8. The summed E-state index contributed by atoms with van der Waals surface area (Å²) in [6.07, 6.45) is 10.4. The molecule has 5 heteroatoms. The van der Waals surface area contributed by atoms with E-state index in [1.54, 1.807) is 7.11 Å². The number of hydrogen-bond donors (Lipinski definition) is 0. The van der Waals surface area contributed by atoms with E-state index in [0.717, 1.165) is 33.7 Å². The average Bonchev–Trinajstić information content (AvgIpc) is 3.51. The Morgan fingerprint density at radius 1 is 1.07 bits per heavy atom. The molecule has 5 rings (SSSR count). The molecule has 3 heterocycles. The Morgan fingerprint density at radius 2 is 1.93 bits per heavy atom. The number of fused-ring (bicyclic) bond motifs is 1. The number of ether oxygens (including phenoxy) is 1. The standard InChI is InChI=1S/C22H20N4O/c1-27-18-5-2-4-15(10-18)13-26-14-20(19-6-3-9-23-22(19)26)21-24-11-17(12-25-21)16-7-8-16/h2-6,9-12,14,16H,7-8,13H2,1H3. The van der Waals surface area contributed by atoms with Gasteiger partial charge in [-0.05, 0) is 54.2 Å². The Kier molecular flexibility index (Phi) is 3.85. The van der Waals surface area contributed by atoms with Crippen molar-refractivity contribution in [3.8, 4) is 17.1 Å². The van der Waals surface area contributed by atoms with Crippen molar-refractivity contribution in [3.05, 3.63) is 72.3 Å². The zero-order valence-corrected chi connectivity index (χ0v) is 15.2. The van der Waals surface area contributed by atoms with E-state index in [9.17, 15) is 0 Å². The fourth-order valence-corrected chi connectivity index (χ4v) is 3.49. The molecule has 0 spiro atoms. The van der Waals surface area contributed by atoms with Crippen LogP contribution in [-0.4, -0.2) is 26.6 Å². The SMILES string of the molecule is COc1cccc(Cn2cc(-c3ncc(C4CC4)cn3)c3cccnc32)c1. The summed E-state index contributed by atoms with van der Waals surface area (Å²) in [4.78, 5) is 13.9. The topological polar surface area (TPSA) is 52.8 Å². The lowest BCUT2D eigenvalue weighted by atomic mass is 10.2. The van der Waals surface area contributed by atoms with E-state index in [-0.39, 0.29) is 0 Å². The Bertz CT molecular complexity index is 1100. The maximum Gasteiger partial charge on any atom is 0.161 e. The van der Waals surface area contributed by atoms with Crippen molar-refractivity contribution in [2.45, 2.75) is 25.3 Å². The summed E-state index contributed by atoms with van der Waals surface area (Å²) in [6, 6.07) is 12.1. The highest BCUT2D eigenvalue weighted by Crippen LogP contribution is 2.39. The Morgan fingerprint density at radius 3 is 2.70 bits per heavy atom. The molecule has 5 nitrogen and oxygen atoms in total. The van der Waals surface area contributed by atoms with Crippen molar-refractivity contribution in [2.24, 2.45) is 0 Å². The van der Waals surface area contributed by atoms with Gasteiger partial charge in [0.25, 0.3) is 0 Å². The molecule has 0 atom stereocenters. The summed E-state index contributed by atoms with van der Waals surface area (Å²) in [6.45, 7) is 0.713. The molecule has 1 aliphatic rings. The van der Waals surface area contributed by atoms with Crippen LogP contribution in [0, 0.1) is 0 Å². The van der Waals surface area contributed by atoms with Crippen molar-refractivity contribution in [1.82, 2.24) is 19.5 Å². The summed E-state index contributed by atoms with van der Waals surface area (Å²) in [5, 5.41) is 1.07. The van der Waals surface area contributed by atoms with Crippen LogP contribution in [0.5, 0.6) is 5.75 Å². The van der Waals surface area contributed by atoms with Crippen LogP contribution in [0.25, 0.3) is 22.4 Å². The summed E-state index contributed by atoms with van der Waals surface area (Å²) in [5.41, 5.74) is 4.36. The van der Waals surface area contributed by atoms with E-state index < -0.39 is 0 Å². The third kappa shape index (κ3) is 3.05. The molecule has 0 amide bonds. The van der Waals surface area contributed by atoms with Gasteiger partial charge in [0.1, 0.15) is 11.4 Å². The predicted octanol–water partition coefficient (Wildman–Crippen LogP) is 4.43. The quantitative estimate of drug-likeness (QED) is 0.531. The molecular weight excluding hydrogens is 336 g/mol. The third-order valence-electron chi connectivity index (χ3n) is 5.08. The van der Waals surface area contributed by atoms with Gasteiger partial charge in [0.2, 0.25) is 0 Å². The third-order valence-corrected chi connectivity index (χ3v) is 5.08. The molecule has 134 valence electrons. The van der Waals surface area contributed by atoms with Gasteiger partial charge in [-0.3, -0.25) is 0 Å². The van der Waals surface area contributed by atoms with Crippen LogP contribution < -0.4 is 4.74 Å². The highest BCUT2D eigenvalue weighted by atomic mass is 16.5. The summed E-state index contributed by atoms with van der Waals surface area (Å²) < 4.78 is 7.50. The number of nitrogens with zero attached hydrogens (tertiary/aromatic N) is 4. The van der Waals surface area contributed by atoms with Gasteiger partial charge in [0.15, 0.2) is 5.82 Å². The lowest BCUT2D eigenvalue weighted by molar-refractivity contribution is 0.414. The van der Waals surface area contributed by atoms with E-state index in [1.807, 2.05) is 36.8 Å². The highest BCUT2D eigenvalue weighted by molar-refractivity contribution is 5.92. The predicted molar refractivity (Wildman–Crippen MR) is 105 cm³/mol. The molecular formula is C22H20N4O. The van der Waals surface area contributed by atoms with Gasteiger partial charge in [-0.2, -0.15) is 0 Å². The Labute approximate surface area is 157 Å². The number of rotatable bonds is 5. The van der Waals surface area contributed by atoms with E-state index in [2.05, 4.69) is 43.9 Å². The number of methoxy groups -OCH3 is 1. The summed E-state index contributed by atoms with van der Waals surface area (Å²) >= 11 is 0. The Balaban J connectivity index is 1.55. The van der Waals surface area contributed by atoms with Gasteiger partial charge < -0.3 is 9.30 Å². The van der Waals surface area contributed by atoms with E-state index in [1.165, 1.54) is 18.4 Å². The molecule has 4 aromatic rings. The van der Waals surface area contributed by atoms with Gasteiger partial charge in [0.05, 0.1) is 7.11 Å². The highest BCUT2D eigenvalue weighted by Gasteiger charge is 2.24. The van der Waals surface area contributed by atoms with Crippen LogP contribution in [0.15, 0.2) is 61.2 Å². The molecule has 0 N–H and O–H groups in total. The zero-order chi connectivity index (χ0) is 18.2. The maximum absolute atomic E-state index is 5.35. The molecule has 1 aliphatic carbocycles. The first-order chi connectivity index (χ1) is 13.3. The lowest BCUT2D eigenvalue weighted by Gasteiger charge is -2.06. The number of pyridine rings is 1. The molecule has 0 radical (unpaired) electrons. The van der Waals surface area contributed by atoms with Crippen LogP contribution in [0.1, 0.15) is 29.9 Å². The monoisotopic (exact) mass is 356 g/mol. The first-order valence-electron chi connectivity index (χ1n) is 9.21. The summed E-state index contributed by atoms with van der Waals surface area (Å²) in [5.74, 6) is 2.27. The molecule has 1 fully saturated rings. The minimum Gasteiger partial charge on any atom is -0.497 e. The Hall–Kier alpha value is -3.21. The number of aromatic nitrogens is 4. The van der Waals surface area contributed by atoms with Crippen LogP contribution in [0.4, 0.5) is 0 Å². The zero-order valence-electron chi connectivity index (χ0n) is 15.2. The van der Waals surface area contributed by atoms with Gasteiger partial charge in [-0.25, -0.2) is 15.0 Å². The molecule has 3 aromatic heterocycles. The van der Waals surface area contributed by atoms with Crippen molar-refractivity contribution in [1.29, 1.82) is 0 Å². The largest absolute Gasteiger partial charge is 0.497 e. The molecule has 1 saturated carbocycles. The van der Waals surface area contributed by atoms with E-state index in [0.29, 0.717) is 12.5 Å². The van der Waals surface area contributed by atoms with E-state index >= 15 is 0 Å². The maximum atomic E-state index is 5.35. The van der Waals surface area contributed by atoms with Crippen LogP contribution >= 0.6 is 0 Å². The van der Waals surface area contributed by atoms with Crippen LogP contribution in [0.3, 0.4) is 0 Å². The molecule has 0 bridgehead atoms. The number of hydrogen-bond acceptors (Lipinski definition) is 4. The lowest BCUT2D eigenvalue weighted by Crippen LogP contribution is -1.99. The van der Waals surface area contributed by atoms with Crippen molar-refractivity contribution < 1.29 is 4.74 Å². The van der Waals surface area contributed by atoms with E-state index in [4.69, 9.17) is 4.74 Å². The fraction of sp³-hybridized carbons (Fsp3) is 0.227. The molecule has 27 heavy (non-hydrogen) atoms. The minimum atomic E-state index is 0.662. The van der Waals surface area contributed by atoms with Gasteiger partial charge >= 0.3 is 0 Å². The fourth-order valence-electron chi connectivity index (χ4n) is 3.49. The van der Waals surface area contributed by atoms with Crippen molar-refractivity contribution >= 4 is 11.0 Å². The second-order valence-corrected chi connectivity index (χ2v) is 7.01. The molecule has 0 unspecified atom stereocenters. The second-order valence-electron chi connectivity index (χ2n) is 7.01. The molecule has 0 saturated heterocycles. The van der Waals surface area contributed by atoms with Gasteiger partial charge in [-0.15, -0.1) is 0 Å². The molecule has 1 aromatic carbocycles. The summed E-state index contributed by atoms with van der Waals surface area (Å²) in [7, 11) is 1.69. The first kappa shape index (κ1) is 16.0. The van der Waals surface area contributed by atoms with Crippen molar-refractivity contribution in [2.75, 3.05) is 7.11 Å². The van der Waals surface area contributed by atoms with Gasteiger partial charge in [-0.1, -0.05) is 12.1 Å². The molecule has 0 aliphatic heterocycles. The second kappa shape index (κ2) is 6.50. The number of benzene rings is 1. The van der Waals surface area contributed by atoms with Crippen LogP contribution in [0.2, 0.25) is 0 Å². The average molecular weight is 356 g/mol. The minimum absolute atomic E-state index is 0.662. The van der Waals surface area contributed by atoms with Crippen LogP contribution in [-0.2, 0) is 6.54 Å².